The van der Waals surface area contributed by atoms with Crippen LogP contribution in [-0.4, -0.2) is 39.6 Å². The van der Waals surface area contributed by atoms with E-state index in [0.717, 1.165) is 18.9 Å². The van der Waals surface area contributed by atoms with Crippen LogP contribution in [0.5, 0.6) is 0 Å². The SMILES string of the molecule is CC(C)(O)CCC[C@@](C)(CC=CC(O)(C(F)(F)F)C(F)(F)F)C1CCC2C(=O)CCC[C@@]21C. The van der Waals surface area contributed by atoms with Crippen molar-refractivity contribution in [3.8, 4) is 0 Å². The molecular formula is C24H36F6O3. The fourth-order valence-electron chi connectivity index (χ4n) is 6.27. The van der Waals surface area contributed by atoms with Gasteiger partial charge >= 0.3 is 12.4 Å². The molecule has 192 valence electrons. The highest BCUT2D eigenvalue weighted by Gasteiger charge is 2.69. The van der Waals surface area contributed by atoms with Gasteiger partial charge in [0.1, 0.15) is 5.78 Å². The Hall–Kier alpha value is -1.09. The Bertz CT molecular complexity index is 722. The van der Waals surface area contributed by atoms with Crippen LogP contribution in [0.15, 0.2) is 12.2 Å². The van der Waals surface area contributed by atoms with E-state index in [1.807, 2.05) is 13.8 Å². The lowest BCUT2D eigenvalue weighted by Gasteiger charge is -2.48. The number of hydrogen-bond acceptors (Lipinski definition) is 3. The van der Waals surface area contributed by atoms with Gasteiger partial charge in [-0.15, -0.1) is 0 Å². The zero-order chi connectivity index (χ0) is 25.5. The summed E-state index contributed by atoms with van der Waals surface area (Å²) < 4.78 is 78.6. The Morgan fingerprint density at radius 1 is 1.00 bits per heavy atom. The van der Waals surface area contributed by atoms with Gasteiger partial charge in [0.2, 0.25) is 0 Å². The molecule has 0 aliphatic heterocycles. The second-order valence-corrected chi connectivity index (χ2v) is 11.2. The quantitative estimate of drug-likeness (QED) is 0.303. The minimum atomic E-state index is -5.90. The molecular weight excluding hydrogens is 450 g/mol. The number of Topliss-reactive ketones (excluding diaryl/α,β-unsaturated/α-hetero) is 1. The molecule has 2 aliphatic rings. The van der Waals surface area contributed by atoms with Gasteiger partial charge in [0, 0.05) is 12.3 Å². The number of fused-ring (bicyclic) bond motifs is 1. The maximum absolute atomic E-state index is 13.1. The monoisotopic (exact) mass is 486 g/mol. The average molecular weight is 487 g/mol. The first kappa shape index (κ1) is 28.1. The van der Waals surface area contributed by atoms with Gasteiger partial charge in [-0.2, -0.15) is 26.3 Å². The van der Waals surface area contributed by atoms with E-state index in [0.29, 0.717) is 38.5 Å². The minimum Gasteiger partial charge on any atom is -0.390 e. The highest BCUT2D eigenvalue weighted by Crippen LogP contribution is 2.61. The first-order valence-corrected chi connectivity index (χ1v) is 11.6. The molecule has 0 amide bonds. The van der Waals surface area contributed by atoms with Crippen LogP contribution in [0.3, 0.4) is 0 Å². The summed E-state index contributed by atoms with van der Waals surface area (Å²) in [5.74, 6) is -0.0316. The molecule has 0 aromatic heterocycles. The highest BCUT2D eigenvalue weighted by atomic mass is 19.4. The van der Waals surface area contributed by atoms with Crippen molar-refractivity contribution in [1.29, 1.82) is 0 Å². The van der Waals surface area contributed by atoms with Crippen molar-refractivity contribution < 1.29 is 41.4 Å². The molecule has 2 rings (SSSR count). The Morgan fingerprint density at radius 2 is 1.58 bits per heavy atom. The molecule has 2 saturated carbocycles. The molecule has 0 heterocycles. The summed E-state index contributed by atoms with van der Waals surface area (Å²) in [6.45, 7) is 7.15. The number of aliphatic hydroxyl groups is 2. The van der Waals surface area contributed by atoms with Crippen molar-refractivity contribution >= 4 is 5.78 Å². The molecule has 9 heteroatoms. The van der Waals surface area contributed by atoms with Crippen LogP contribution >= 0.6 is 0 Å². The van der Waals surface area contributed by atoms with Gasteiger partial charge in [-0.05, 0) is 81.6 Å². The van der Waals surface area contributed by atoms with Crippen molar-refractivity contribution in [2.75, 3.05) is 0 Å². The van der Waals surface area contributed by atoms with E-state index < -0.39 is 29.0 Å². The van der Waals surface area contributed by atoms with Gasteiger partial charge < -0.3 is 10.2 Å². The fraction of sp³-hybridized carbons (Fsp3) is 0.875. The van der Waals surface area contributed by atoms with Crippen LogP contribution in [-0.2, 0) is 4.79 Å². The van der Waals surface area contributed by atoms with Gasteiger partial charge in [-0.25, -0.2) is 0 Å². The Balaban J connectivity index is 2.36. The molecule has 0 bridgehead atoms. The highest BCUT2D eigenvalue weighted by molar-refractivity contribution is 5.83. The van der Waals surface area contributed by atoms with E-state index in [1.54, 1.807) is 13.8 Å². The maximum atomic E-state index is 13.1. The number of ketones is 1. The smallest absolute Gasteiger partial charge is 0.390 e. The van der Waals surface area contributed by atoms with Crippen molar-refractivity contribution in [3.63, 3.8) is 0 Å². The van der Waals surface area contributed by atoms with E-state index >= 15 is 0 Å². The largest absolute Gasteiger partial charge is 0.429 e. The number of carbonyl (C=O) groups excluding carboxylic acids is 1. The maximum Gasteiger partial charge on any atom is 0.429 e. The third kappa shape index (κ3) is 5.77. The normalized spacial score (nSPS) is 29.4. The standard InChI is InChI=1S/C24H36F6O3/c1-19(2,32)11-6-12-20(3,13-7-15-22(33,23(25,26)27)24(28,29)30)18-10-9-16-17(31)8-5-14-21(16,18)4/h7,15-16,18,32-33H,5-6,8-14H2,1-4H3/t16?,18?,20-,21-/m0/s1. The molecule has 0 radical (unpaired) electrons. The number of halogens is 6. The number of hydrogen-bond donors (Lipinski definition) is 2. The summed E-state index contributed by atoms with van der Waals surface area (Å²) in [6.07, 6.45) is -6.52. The number of rotatable bonds is 8. The van der Waals surface area contributed by atoms with Gasteiger partial charge in [0.05, 0.1) is 5.60 Å². The summed E-state index contributed by atoms with van der Waals surface area (Å²) in [5.41, 5.74) is -6.93. The number of carbonyl (C=O) groups is 1. The summed E-state index contributed by atoms with van der Waals surface area (Å²) in [5, 5.41) is 19.6. The van der Waals surface area contributed by atoms with Crippen LogP contribution in [0.25, 0.3) is 0 Å². The summed E-state index contributed by atoms with van der Waals surface area (Å²) in [6, 6.07) is 0. The van der Waals surface area contributed by atoms with E-state index in [2.05, 4.69) is 0 Å². The Labute approximate surface area is 191 Å². The minimum absolute atomic E-state index is 0.0735. The molecule has 33 heavy (non-hydrogen) atoms. The first-order valence-electron chi connectivity index (χ1n) is 11.6. The van der Waals surface area contributed by atoms with Crippen molar-refractivity contribution in [1.82, 2.24) is 0 Å². The molecule has 4 atom stereocenters. The Kier molecular flexibility index (Phi) is 7.82. The fourth-order valence-corrected chi connectivity index (χ4v) is 6.27. The zero-order valence-electron chi connectivity index (χ0n) is 19.7. The lowest BCUT2D eigenvalue weighted by Crippen LogP contribution is -2.55. The molecule has 0 saturated heterocycles. The third-order valence-electron chi connectivity index (χ3n) is 8.05. The van der Waals surface area contributed by atoms with E-state index in [9.17, 15) is 41.4 Å². The zero-order valence-corrected chi connectivity index (χ0v) is 19.7. The van der Waals surface area contributed by atoms with Crippen molar-refractivity contribution in [2.45, 2.75) is 109 Å². The third-order valence-corrected chi connectivity index (χ3v) is 8.05. The number of alkyl halides is 6. The predicted molar refractivity (Wildman–Crippen MR) is 112 cm³/mol. The molecule has 0 aromatic rings. The van der Waals surface area contributed by atoms with Crippen LogP contribution < -0.4 is 0 Å². The van der Waals surface area contributed by atoms with Crippen LogP contribution in [0, 0.1) is 22.7 Å². The molecule has 0 aromatic carbocycles. The first-order chi connectivity index (χ1) is 14.8. The molecule has 2 unspecified atom stereocenters. The molecule has 3 nitrogen and oxygen atoms in total. The summed E-state index contributed by atoms with van der Waals surface area (Å²) in [7, 11) is 0. The predicted octanol–water partition coefficient (Wildman–Crippen LogP) is 6.52. The number of allylic oxidation sites excluding steroid dienone is 1. The van der Waals surface area contributed by atoms with Gasteiger partial charge in [-0.1, -0.05) is 26.3 Å². The second-order valence-electron chi connectivity index (χ2n) is 11.2. The lowest BCUT2D eigenvalue weighted by atomic mass is 9.56. The lowest BCUT2D eigenvalue weighted by molar-refractivity contribution is -0.347. The van der Waals surface area contributed by atoms with Crippen molar-refractivity contribution in [3.05, 3.63) is 12.2 Å². The van der Waals surface area contributed by atoms with Crippen molar-refractivity contribution in [2.24, 2.45) is 22.7 Å². The van der Waals surface area contributed by atoms with E-state index in [4.69, 9.17) is 0 Å². The average Bonchev–Trinajstić information content (AvgIpc) is 2.97. The van der Waals surface area contributed by atoms with E-state index in [-0.39, 0.29) is 35.5 Å². The van der Waals surface area contributed by atoms with Gasteiger partial charge in [0.15, 0.2) is 0 Å². The Morgan fingerprint density at radius 3 is 2.09 bits per heavy atom. The second kappa shape index (κ2) is 9.17. The summed E-state index contributed by atoms with van der Waals surface area (Å²) in [4.78, 5) is 12.5. The van der Waals surface area contributed by atoms with Gasteiger partial charge in [-0.3, -0.25) is 4.79 Å². The van der Waals surface area contributed by atoms with Crippen LogP contribution in [0.1, 0.15) is 85.5 Å². The van der Waals surface area contributed by atoms with E-state index in [1.165, 1.54) is 0 Å². The molecule has 2 N–H and O–H groups in total. The summed E-state index contributed by atoms with van der Waals surface area (Å²) >= 11 is 0. The van der Waals surface area contributed by atoms with Gasteiger partial charge in [0.25, 0.3) is 5.60 Å². The van der Waals surface area contributed by atoms with Crippen LogP contribution in [0.4, 0.5) is 26.3 Å². The molecule has 2 fully saturated rings. The topological polar surface area (TPSA) is 57.5 Å². The van der Waals surface area contributed by atoms with Crippen LogP contribution in [0.2, 0.25) is 0 Å². The molecule has 2 aliphatic carbocycles. The molecule has 0 spiro atoms.